The average Bonchev–Trinajstić information content (AvgIpc) is 3.90. The van der Waals surface area contributed by atoms with Crippen molar-refractivity contribution in [2.45, 2.75) is 50.8 Å². The standard InChI is InChI=1S/C43H44N4O7.CH2O/c1-53-38(36(25-29-9-3-2-4-10-29)44-39(48)18-23-47-42(51)34-13-7-8-14-35(34)43(47)52)28-45(21-17-30-15-16-31-20-24-54-37(31)26-30)40(49)19-22-46-27-32-11-5-6-12-33(32)41(46)50;1-2/h2-16,26,36,38H,17-25,27-28H2,1H3,(H,44,48);1H2/t36-,38?;/m0./s1. The van der Waals surface area contributed by atoms with Crippen molar-refractivity contribution in [2.24, 2.45) is 0 Å². The number of hydrogen-bond donors (Lipinski definition) is 1. The minimum absolute atomic E-state index is 0.0674. The molecule has 7 rings (SSSR count). The Morgan fingerprint density at radius 1 is 0.804 bits per heavy atom. The van der Waals surface area contributed by atoms with Crippen LogP contribution in [0.1, 0.15) is 66.2 Å². The molecule has 290 valence electrons. The molecular weight excluding hydrogens is 713 g/mol. The summed E-state index contributed by atoms with van der Waals surface area (Å²) in [4.78, 5) is 79.2. The van der Waals surface area contributed by atoms with Gasteiger partial charge in [-0.3, -0.25) is 28.9 Å². The first-order valence-corrected chi connectivity index (χ1v) is 18.8. The molecule has 3 aliphatic heterocycles. The fourth-order valence-electron chi connectivity index (χ4n) is 7.49. The molecule has 56 heavy (non-hydrogen) atoms. The highest BCUT2D eigenvalue weighted by Crippen LogP contribution is 2.27. The number of nitrogens with zero attached hydrogens (tertiary/aromatic N) is 3. The normalized spacial score (nSPS) is 14.9. The zero-order valence-electron chi connectivity index (χ0n) is 31.5. The number of carbonyl (C=O) groups excluding carboxylic acids is 6. The molecule has 4 aromatic carbocycles. The summed E-state index contributed by atoms with van der Waals surface area (Å²) in [5, 5.41) is 3.11. The third-order valence-corrected chi connectivity index (χ3v) is 10.5. The Morgan fingerprint density at radius 3 is 2.18 bits per heavy atom. The third-order valence-electron chi connectivity index (χ3n) is 10.5. The number of benzene rings is 4. The SMILES string of the molecule is C=O.COC(CN(CCc1ccc2c(c1)OCC2)C(=O)CCN1Cc2ccccc2C1=O)[C@H](Cc1ccccc1)NC(=O)CCN1C(=O)c2ccccc2C1=O. The minimum atomic E-state index is -0.613. The number of imide groups is 1. The van der Waals surface area contributed by atoms with E-state index in [9.17, 15) is 24.0 Å². The maximum Gasteiger partial charge on any atom is 0.261 e. The predicted molar refractivity (Wildman–Crippen MR) is 208 cm³/mol. The van der Waals surface area contributed by atoms with Crippen molar-refractivity contribution in [1.29, 1.82) is 0 Å². The molecule has 0 saturated heterocycles. The van der Waals surface area contributed by atoms with E-state index in [1.807, 2.05) is 67.5 Å². The summed E-state index contributed by atoms with van der Waals surface area (Å²) in [6.45, 7) is 3.89. The lowest BCUT2D eigenvalue weighted by Crippen LogP contribution is -2.52. The van der Waals surface area contributed by atoms with Crippen molar-refractivity contribution in [3.8, 4) is 5.75 Å². The second-order valence-corrected chi connectivity index (χ2v) is 14.0. The molecule has 12 nitrogen and oxygen atoms in total. The fourth-order valence-corrected chi connectivity index (χ4v) is 7.49. The van der Waals surface area contributed by atoms with Crippen molar-refractivity contribution < 1.29 is 38.2 Å². The second-order valence-electron chi connectivity index (χ2n) is 14.0. The van der Waals surface area contributed by atoms with Crippen molar-refractivity contribution in [1.82, 2.24) is 20.0 Å². The molecule has 12 heteroatoms. The minimum Gasteiger partial charge on any atom is -0.493 e. The van der Waals surface area contributed by atoms with E-state index in [-0.39, 0.29) is 50.2 Å². The Balaban J connectivity index is 0.00000262. The van der Waals surface area contributed by atoms with Gasteiger partial charge in [0, 0.05) is 64.7 Å². The van der Waals surface area contributed by atoms with Gasteiger partial charge < -0.3 is 29.4 Å². The molecule has 4 aromatic rings. The van der Waals surface area contributed by atoms with E-state index in [1.54, 1.807) is 41.2 Å². The number of amides is 5. The number of rotatable bonds is 16. The Morgan fingerprint density at radius 2 is 1.48 bits per heavy atom. The van der Waals surface area contributed by atoms with Gasteiger partial charge in [-0.25, -0.2) is 0 Å². The molecule has 3 heterocycles. The lowest BCUT2D eigenvalue weighted by Gasteiger charge is -2.33. The van der Waals surface area contributed by atoms with Gasteiger partial charge in [-0.2, -0.15) is 0 Å². The summed E-state index contributed by atoms with van der Waals surface area (Å²) >= 11 is 0. The van der Waals surface area contributed by atoms with Crippen LogP contribution in [0.4, 0.5) is 0 Å². The largest absolute Gasteiger partial charge is 0.493 e. The maximum absolute atomic E-state index is 14.1. The molecule has 5 amide bonds. The molecular formula is C44H46N4O8. The van der Waals surface area contributed by atoms with E-state index in [2.05, 4.69) is 17.4 Å². The van der Waals surface area contributed by atoms with Crippen LogP contribution < -0.4 is 10.1 Å². The lowest BCUT2D eigenvalue weighted by molar-refractivity contribution is -0.133. The third kappa shape index (κ3) is 9.03. The summed E-state index contributed by atoms with van der Waals surface area (Å²) < 4.78 is 11.9. The summed E-state index contributed by atoms with van der Waals surface area (Å²) in [6.07, 6.45) is 1.29. The Hall–Kier alpha value is -6.14. The fraction of sp³-hybridized carbons (Fsp3) is 0.318. The quantitative estimate of drug-likeness (QED) is 0.167. The number of fused-ring (bicyclic) bond motifs is 3. The molecule has 0 radical (unpaired) electrons. The van der Waals surface area contributed by atoms with E-state index in [0.717, 1.165) is 33.8 Å². The van der Waals surface area contributed by atoms with E-state index in [4.69, 9.17) is 14.3 Å². The van der Waals surface area contributed by atoms with Gasteiger partial charge in [0.1, 0.15) is 12.5 Å². The van der Waals surface area contributed by atoms with Gasteiger partial charge in [0.15, 0.2) is 0 Å². The zero-order valence-corrected chi connectivity index (χ0v) is 31.5. The number of methoxy groups -OCH3 is 1. The number of carbonyl (C=O) groups is 6. The molecule has 0 aliphatic carbocycles. The van der Waals surface area contributed by atoms with E-state index in [0.29, 0.717) is 49.2 Å². The summed E-state index contributed by atoms with van der Waals surface area (Å²) in [5.74, 6) is -0.514. The van der Waals surface area contributed by atoms with Crippen LogP contribution >= 0.6 is 0 Å². The van der Waals surface area contributed by atoms with E-state index < -0.39 is 24.0 Å². The van der Waals surface area contributed by atoms with Crippen LogP contribution in [0.15, 0.2) is 97.1 Å². The smallest absolute Gasteiger partial charge is 0.261 e. The highest BCUT2D eigenvalue weighted by molar-refractivity contribution is 6.21. The highest BCUT2D eigenvalue weighted by Gasteiger charge is 2.36. The van der Waals surface area contributed by atoms with Crippen LogP contribution in [0, 0.1) is 0 Å². The summed E-state index contributed by atoms with van der Waals surface area (Å²) in [7, 11) is 1.56. The highest BCUT2D eigenvalue weighted by atomic mass is 16.5. The van der Waals surface area contributed by atoms with Gasteiger partial charge in [-0.15, -0.1) is 0 Å². The summed E-state index contributed by atoms with van der Waals surface area (Å²) in [5.41, 5.74) is 5.46. The lowest BCUT2D eigenvalue weighted by atomic mass is 9.99. The van der Waals surface area contributed by atoms with Gasteiger partial charge >= 0.3 is 0 Å². The molecule has 1 unspecified atom stereocenters. The van der Waals surface area contributed by atoms with Crippen LogP contribution in [0.25, 0.3) is 0 Å². The Bertz CT molecular complexity index is 2040. The monoisotopic (exact) mass is 758 g/mol. The molecule has 0 aromatic heterocycles. The van der Waals surface area contributed by atoms with Gasteiger partial charge in [-0.1, -0.05) is 72.8 Å². The molecule has 0 bridgehead atoms. The van der Waals surface area contributed by atoms with Crippen LogP contribution in [0.5, 0.6) is 5.75 Å². The van der Waals surface area contributed by atoms with Crippen LogP contribution in [-0.4, -0.2) is 103 Å². The van der Waals surface area contributed by atoms with Crippen molar-refractivity contribution >= 4 is 36.3 Å². The van der Waals surface area contributed by atoms with Gasteiger partial charge in [-0.05, 0) is 59.4 Å². The number of ether oxygens (including phenoxy) is 2. The van der Waals surface area contributed by atoms with Crippen LogP contribution in [-0.2, 0) is 44.9 Å². The first-order valence-electron chi connectivity index (χ1n) is 18.8. The Kier molecular flexibility index (Phi) is 13.0. The second kappa shape index (κ2) is 18.5. The van der Waals surface area contributed by atoms with Gasteiger partial charge in [0.25, 0.3) is 17.7 Å². The summed E-state index contributed by atoms with van der Waals surface area (Å²) in [6, 6.07) is 29.5. The first kappa shape index (κ1) is 39.6. The molecule has 0 spiro atoms. The topological polar surface area (TPSA) is 143 Å². The zero-order chi connectivity index (χ0) is 39.6. The molecule has 1 N–H and O–H groups in total. The van der Waals surface area contributed by atoms with Gasteiger partial charge in [0.05, 0.1) is 29.9 Å². The van der Waals surface area contributed by atoms with Crippen molar-refractivity contribution in [2.75, 3.05) is 39.9 Å². The predicted octanol–water partition coefficient (Wildman–Crippen LogP) is 4.28. The van der Waals surface area contributed by atoms with Crippen LogP contribution in [0.3, 0.4) is 0 Å². The maximum atomic E-state index is 14.1. The van der Waals surface area contributed by atoms with Crippen molar-refractivity contribution in [3.05, 3.63) is 136 Å². The molecule has 0 fully saturated rings. The molecule has 0 saturated carbocycles. The van der Waals surface area contributed by atoms with Crippen LogP contribution in [0.2, 0.25) is 0 Å². The molecule has 3 aliphatic rings. The number of nitrogens with one attached hydrogen (secondary N) is 1. The first-order chi connectivity index (χ1) is 27.3. The molecule has 2 atom stereocenters. The van der Waals surface area contributed by atoms with Crippen molar-refractivity contribution in [3.63, 3.8) is 0 Å². The average molecular weight is 759 g/mol. The van der Waals surface area contributed by atoms with E-state index in [1.165, 1.54) is 5.56 Å². The Labute approximate surface area is 326 Å². The number of hydrogen-bond acceptors (Lipinski definition) is 8. The van der Waals surface area contributed by atoms with E-state index >= 15 is 0 Å². The van der Waals surface area contributed by atoms with Gasteiger partial charge in [0.2, 0.25) is 11.8 Å².